The van der Waals surface area contributed by atoms with Crippen LogP contribution in [-0.4, -0.2) is 50.2 Å². The number of rotatable bonds is 15. The van der Waals surface area contributed by atoms with E-state index in [1.54, 1.807) is 25.1 Å². The van der Waals surface area contributed by atoms with Gasteiger partial charge in [0.2, 0.25) is 0 Å². The molecule has 0 saturated carbocycles. The first-order valence-corrected chi connectivity index (χ1v) is 11.8. The molecule has 2 atom stereocenters. The van der Waals surface area contributed by atoms with Crippen LogP contribution < -0.4 is 14.8 Å². The summed E-state index contributed by atoms with van der Waals surface area (Å²) in [5, 5.41) is 3.03. The van der Waals surface area contributed by atoms with E-state index in [1.165, 1.54) is 7.11 Å². The third-order valence-electron chi connectivity index (χ3n) is 5.04. The molecule has 0 amide bonds. The molecule has 34 heavy (non-hydrogen) atoms. The quantitative estimate of drug-likeness (QED) is 0.229. The van der Waals surface area contributed by atoms with Gasteiger partial charge in [-0.05, 0) is 43.4 Å². The minimum absolute atomic E-state index is 0.114. The van der Waals surface area contributed by atoms with E-state index < -0.39 is 23.9 Å². The molecule has 9 heteroatoms. The van der Waals surface area contributed by atoms with Crippen molar-refractivity contribution in [1.82, 2.24) is 5.32 Å². The van der Waals surface area contributed by atoms with E-state index in [0.29, 0.717) is 24.8 Å². The summed E-state index contributed by atoms with van der Waals surface area (Å²) in [4.78, 5) is 48.1. The minimum Gasteiger partial charge on any atom is -0.468 e. The summed E-state index contributed by atoms with van der Waals surface area (Å²) in [7, 11) is 1.29. The lowest BCUT2D eigenvalue weighted by Gasteiger charge is -2.18. The first-order chi connectivity index (χ1) is 16.2. The third kappa shape index (κ3) is 10.3. The number of ether oxygens (including phenoxy) is 4. The van der Waals surface area contributed by atoms with Crippen LogP contribution in [0.1, 0.15) is 65.4 Å². The number of methoxy groups -OCH3 is 1. The molecule has 0 aliphatic heterocycles. The van der Waals surface area contributed by atoms with Gasteiger partial charge in [0.1, 0.15) is 12.6 Å². The lowest BCUT2D eigenvalue weighted by atomic mass is 10.1. The third-order valence-corrected chi connectivity index (χ3v) is 5.04. The predicted octanol–water partition coefficient (Wildman–Crippen LogP) is 3.36. The average molecular weight is 480 g/mol. The first kappa shape index (κ1) is 29.1. The van der Waals surface area contributed by atoms with Crippen LogP contribution in [0.4, 0.5) is 0 Å². The van der Waals surface area contributed by atoms with Crippen LogP contribution in [0.2, 0.25) is 0 Å². The van der Waals surface area contributed by atoms with Crippen molar-refractivity contribution in [3.8, 4) is 11.5 Å². The molecule has 1 aromatic carbocycles. The monoisotopic (exact) mass is 479 g/mol. The molecule has 190 valence electrons. The van der Waals surface area contributed by atoms with Crippen LogP contribution in [0.25, 0.3) is 0 Å². The van der Waals surface area contributed by atoms with E-state index in [4.69, 9.17) is 18.9 Å². The smallest absolute Gasteiger partial charge is 0.323 e. The Bertz CT molecular complexity index is 823. The summed E-state index contributed by atoms with van der Waals surface area (Å²) in [6.45, 7) is 7.78. The van der Waals surface area contributed by atoms with Gasteiger partial charge in [-0.2, -0.15) is 0 Å². The Balaban J connectivity index is 2.94. The number of esters is 4. The molecule has 0 radical (unpaired) electrons. The number of nitrogens with one attached hydrogen (secondary N) is 1. The highest BCUT2D eigenvalue weighted by atomic mass is 16.6. The van der Waals surface area contributed by atoms with Crippen molar-refractivity contribution in [3.63, 3.8) is 0 Å². The zero-order valence-corrected chi connectivity index (χ0v) is 20.8. The lowest BCUT2D eigenvalue weighted by molar-refractivity contribution is -0.148. The fraction of sp³-hybridized carbons (Fsp3) is 0.600. The van der Waals surface area contributed by atoms with Crippen molar-refractivity contribution in [2.75, 3.05) is 20.3 Å². The van der Waals surface area contributed by atoms with Gasteiger partial charge in [0.25, 0.3) is 0 Å². The molecule has 0 fully saturated rings. The SMILES string of the molecule is CCCC(=O)Oc1ccc(C[C@H](NCCOC(=O)C(C)CC)C(=O)OC)cc1OC(=O)CCC. The minimum atomic E-state index is -0.722. The summed E-state index contributed by atoms with van der Waals surface area (Å²) >= 11 is 0. The van der Waals surface area contributed by atoms with Gasteiger partial charge in [-0.15, -0.1) is 0 Å². The number of carbonyl (C=O) groups is 4. The maximum Gasteiger partial charge on any atom is 0.323 e. The Kier molecular flexibility index (Phi) is 13.5. The summed E-state index contributed by atoms with van der Waals surface area (Å²) in [5.74, 6) is -1.57. The summed E-state index contributed by atoms with van der Waals surface area (Å²) in [6, 6.07) is 4.08. The molecule has 0 aliphatic carbocycles. The highest BCUT2D eigenvalue weighted by molar-refractivity contribution is 5.77. The lowest BCUT2D eigenvalue weighted by Crippen LogP contribution is -2.41. The molecule has 1 N–H and O–H groups in total. The van der Waals surface area contributed by atoms with Gasteiger partial charge in [-0.3, -0.25) is 19.2 Å². The Hall–Kier alpha value is -2.94. The summed E-state index contributed by atoms with van der Waals surface area (Å²) < 4.78 is 20.9. The normalized spacial score (nSPS) is 12.4. The molecular formula is C25H37NO8. The summed E-state index contributed by atoms with van der Waals surface area (Å²) in [6.07, 6.45) is 2.59. The van der Waals surface area contributed by atoms with Crippen LogP contribution >= 0.6 is 0 Å². The van der Waals surface area contributed by atoms with Crippen LogP contribution in [-0.2, 0) is 35.1 Å². The van der Waals surface area contributed by atoms with Crippen molar-refractivity contribution in [2.24, 2.45) is 5.92 Å². The molecule has 0 spiro atoms. The van der Waals surface area contributed by atoms with E-state index in [1.807, 2.05) is 20.8 Å². The maximum absolute atomic E-state index is 12.3. The van der Waals surface area contributed by atoms with E-state index in [9.17, 15) is 19.2 Å². The van der Waals surface area contributed by atoms with Crippen molar-refractivity contribution in [1.29, 1.82) is 0 Å². The number of hydrogen-bond acceptors (Lipinski definition) is 9. The van der Waals surface area contributed by atoms with Crippen LogP contribution in [0.5, 0.6) is 11.5 Å². The van der Waals surface area contributed by atoms with Gasteiger partial charge in [-0.25, -0.2) is 0 Å². The second-order valence-corrected chi connectivity index (χ2v) is 7.94. The molecule has 0 aliphatic rings. The highest BCUT2D eigenvalue weighted by Crippen LogP contribution is 2.30. The standard InChI is InChI=1S/C25H37NO8/c1-6-9-22(27)33-20-12-11-18(16-21(20)34-23(28)10-7-2)15-19(25(30)31-5)26-13-14-32-24(29)17(4)8-3/h11-12,16-17,19,26H,6-10,13-15H2,1-5H3/t17?,19-/m0/s1. The Morgan fingerprint density at radius 1 is 0.912 bits per heavy atom. The Morgan fingerprint density at radius 3 is 2.09 bits per heavy atom. The average Bonchev–Trinajstić information content (AvgIpc) is 2.81. The van der Waals surface area contributed by atoms with E-state index in [0.717, 1.165) is 0 Å². The van der Waals surface area contributed by atoms with Gasteiger partial charge in [0.15, 0.2) is 11.5 Å². The van der Waals surface area contributed by atoms with Crippen LogP contribution in [0.3, 0.4) is 0 Å². The molecule has 1 rings (SSSR count). The van der Waals surface area contributed by atoms with Crippen LogP contribution in [0.15, 0.2) is 18.2 Å². The van der Waals surface area contributed by atoms with Crippen molar-refractivity contribution >= 4 is 23.9 Å². The molecule has 0 aromatic heterocycles. The molecule has 0 bridgehead atoms. The topological polar surface area (TPSA) is 117 Å². The van der Waals surface area contributed by atoms with Crippen molar-refractivity contribution in [3.05, 3.63) is 23.8 Å². The van der Waals surface area contributed by atoms with E-state index in [2.05, 4.69) is 5.32 Å². The first-order valence-electron chi connectivity index (χ1n) is 11.8. The van der Waals surface area contributed by atoms with Crippen molar-refractivity contribution < 1.29 is 38.1 Å². The van der Waals surface area contributed by atoms with Gasteiger partial charge in [-0.1, -0.05) is 33.8 Å². The fourth-order valence-corrected chi connectivity index (χ4v) is 2.91. The van der Waals surface area contributed by atoms with Gasteiger partial charge in [0, 0.05) is 19.4 Å². The number of hydrogen-bond donors (Lipinski definition) is 1. The Labute approximate surface area is 201 Å². The molecule has 0 saturated heterocycles. The maximum atomic E-state index is 12.3. The zero-order valence-electron chi connectivity index (χ0n) is 20.8. The molecular weight excluding hydrogens is 442 g/mol. The van der Waals surface area contributed by atoms with E-state index in [-0.39, 0.29) is 55.8 Å². The fourth-order valence-electron chi connectivity index (χ4n) is 2.91. The predicted molar refractivity (Wildman–Crippen MR) is 125 cm³/mol. The number of benzene rings is 1. The van der Waals surface area contributed by atoms with Gasteiger partial charge in [0.05, 0.1) is 13.0 Å². The molecule has 1 unspecified atom stereocenters. The van der Waals surface area contributed by atoms with Gasteiger partial charge < -0.3 is 24.3 Å². The summed E-state index contributed by atoms with van der Waals surface area (Å²) in [5.41, 5.74) is 0.661. The second-order valence-electron chi connectivity index (χ2n) is 7.94. The van der Waals surface area contributed by atoms with Crippen molar-refractivity contribution in [2.45, 2.75) is 72.3 Å². The molecule has 1 aromatic rings. The highest BCUT2D eigenvalue weighted by Gasteiger charge is 2.22. The molecule has 9 nitrogen and oxygen atoms in total. The second kappa shape index (κ2) is 15.8. The largest absolute Gasteiger partial charge is 0.468 e. The van der Waals surface area contributed by atoms with Crippen LogP contribution in [0, 0.1) is 5.92 Å². The Morgan fingerprint density at radius 2 is 1.53 bits per heavy atom. The number of carbonyl (C=O) groups excluding carboxylic acids is 4. The van der Waals surface area contributed by atoms with Gasteiger partial charge >= 0.3 is 23.9 Å². The van der Waals surface area contributed by atoms with E-state index >= 15 is 0 Å². The zero-order chi connectivity index (χ0) is 25.5. The molecule has 0 heterocycles.